The maximum Gasteiger partial charge on any atom is 0.410 e. The number of benzene rings is 1. The molecule has 1 aromatic heterocycles. The van der Waals surface area contributed by atoms with Gasteiger partial charge in [-0.05, 0) is 45.4 Å². The topological polar surface area (TPSA) is 71.6 Å². The summed E-state index contributed by atoms with van der Waals surface area (Å²) < 4.78 is 11.6. The molecule has 0 saturated carbocycles. The van der Waals surface area contributed by atoms with Gasteiger partial charge in [0.15, 0.2) is 0 Å². The first-order valence-electron chi connectivity index (χ1n) is 9.00. The fourth-order valence-corrected chi connectivity index (χ4v) is 3.21. The zero-order valence-corrected chi connectivity index (χ0v) is 15.8. The number of rotatable bonds is 2. The van der Waals surface area contributed by atoms with E-state index in [1.807, 2.05) is 45.9 Å². The van der Waals surface area contributed by atoms with Crippen molar-refractivity contribution in [2.45, 2.75) is 52.2 Å². The van der Waals surface area contributed by atoms with E-state index < -0.39 is 5.60 Å². The van der Waals surface area contributed by atoms with Gasteiger partial charge in [-0.1, -0.05) is 6.07 Å². The van der Waals surface area contributed by atoms with Crippen molar-refractivity contribution in [3.63, 3.8) is 0 Å². The van der Waals surface area contributed by atoms with Crippen molar-refractivity contribution in [1.29, 1.82) is 0 Å². The molecule has 26 heavy (non-hydrogen) atoms. The van der Waals surface area contributed by atoms with Crippen LogP contribution in [0.2, 0.25) is 0 Å². The van der Waals surface area contributed by atoms with Crippen LogP contribution >= 0.6 is 0 Å². The number of piperidine rings is 1. The summed E-state index contributed by atoms with van der Waals surface area (Å²) in [5.41, 5.74) is 0.331. The van der Waals surface area contributed by atoms with E-state index in [1.165, 1.54) is 0 Å². The lowest BCUT2D eigenvalue weighted by Gasteiger charge is -2.33. The van der Waals surface area contributed by atoms with E-state index in [4.69, 9.17) is 9.47 Å². The minimum absolute atomic E-state index is 0.0129. The minimum atomic E-state index is -0.488. The highest BCUT2D eigenvalue weighted by atomic mass is 16.6. The quantitative estimate of drug-likeness (QED) is 0.890. The van der Waals surface area contributed by atoms with Gasteiger partial charge >= 0.3 is 6.09 Å². The first kappa shape index (κ1) is 18.3. The molecule has 1 saturated heterocycles. The third-order valence-corrected chi connectivity index (χ3v) is 4.49. The number of H-pyrrole nitrogens is 1. The second kappa shape index (κ2) is 7.02. The number of nitrogens with zero attached hydrogens (tertiary/aromatic N) is 1. The van der Waals surface area contributed by atoms with Crippen LogP contribution in [-0.4, -0.2) is 40.8 Å². The van der Waals surface area contributed by atoms with Gasteiger partial charge in [0.1, 0.15) is 17.5 Å². The first-order valence-corrected chi connectivity index (χ1v) is 9.00. The SMILES string of the molecule is Cc1ccc(OC2CCN(C(=O)OC(C)(C)C)CC2)c2cc[nH]c(=O)c12. The van der Waals surface area contributed by atoms with Gasteiger partial charge in [0, 0.05) is 37.5 Å². The average molecular weight is 358 g/mol. The molecule has 140 valence electrons. The first-order chi connectivity index (χ1) is 12.2. The fraction of sp³-hybridized carbons (Fsp3) is 0.500. The smallest absolute Gasteiger partial charge is 0.410 e. The molecular weight excluding hydrogens is 332 g/mol. The number of aromatic amines is 1. The van der Waals surface area contributed by atoms with Gasteiger partial charge < -0.3 is 19.4 Å². The van der Waals surface area contributed by atoms with E-state index in [9.17, 15) is 9.59 Å². The molecule has 1 N–H and O–H groups in total. The van der Waals surface area contributed by atoms with Gasteiger partial charge in [0.25, 0.3) is 5.56 Å². The number of ether oxygens (including phenoxy) is 2. The van der Waals surface area contributed by atoms with Gasteiger partial charge in [-0.3, -0.25) is 4.79 Å². The maximum atomic E-state index is 12.2. The van der Waals surface area contributed by atoms with Gasteiger partial charge in [-0.15, -0.1) is 0 Å². The second-order valence-electron chi connectivity index (χ2n) is 7.76. The number of amides is 1. The Bertz CT molecular complexity index is 858. The maximum absolute atomic E-state index is 12.2. The van der Waals surface area contributed by atoms with E-state index in [-0.39, 0.29) is 17.8 Å². The second-order valence-corrected chi connectivity index (χ2v) is 7.76. The predicted molar refractivity (Wildman–Crippen MR) is 101 cm³/mol. The Balaban J connectivity index is 1.68. The summed E-state index contributed by atoms with van der Waals surface area (Å²) in [6.45, 7) is 8.72. The molecule has 1 amide bonds. The van der Waals surface area contributed by atoms with Crippen LogP contribution < -0.4 is 10.3 Å². The summed E-state index contributed by atoms with van der Waals surface area (Å²) in [6, 6.07) is 5.69. The fourth-order valence-electron chi connectivity index (χ4n) is 3.21. The molecule has 1 aliphatic rings. The van der Waals surface area contributed by atoms with Crippen molar-refractivity contribution in [3.05, 3.63) is 40.3 Å². The molecule has 2 heterocycles. The summed E-state index contributed by atoms with van der Waals surface area (Å²) >= 11 is 0. The van der Waals surface area contributed by atoms with Crippen LogP contribution in [0.3, 0.4) is 0 Å². The molecule has 0 radical (unpaired) electrons. The summed E-state index contributed by atoms with van der Waals surface area (Å²) in [5.74, 6) is 0.715. The molecule has 0 aliphatic carbocycles. The number of fused-ring (bicyclic) bond motifs is 1. The highest BCUT2D eigenvalue weighted by molar-refractivity contribution is 5.90. The summed E-state index contributed by atoms with van der Waals surface area (Å²) in [5, 5.41) is 1.49. The third kappa shape index (κ3) is 4.00. The lowest BCUT2D eigenvalue weighted by atomic mass is 10.1. The molecule has 0 bridgehead atoms. The van der Waals surface area contributed by atoms with Crippen LogP contribution in [0.25, 0.3) is 10.8 Å². The van der Waals surface area contributed by atoms with Crippen LogP contribution in [-0.2, 0) is 4.74 Å². The molecule has 1 aromatic carbocycles. The van der Waals surface area contributed by atoms with E-state index >= 15 is 0 Å². The number of aryl methyl sites for hydroxylation is 1. The van der Waals surface area contributed by atoms with Crippen LogP contribution in [0, 0.1) is 6.92 Å². The molecular formula is C20H26N2O4. The average Bonchev–Trinajstić information content (AvgIpc) is 2.56. The molecule has 1 fully saturated rings. The van der Waals surface area contributed by atoms with Crippen molar-refractivity contribution in [1.82, 2.24) is 9.88 Å². The number of hydrogen-bond donors (Lipinski definition) is 1. The number of hydrogen-bond acceptors (Lipinski definition) is 4. The van der Waals surface area contributed by atoms with E-state index in [0.29, 0.717) is 24.2 Å². The highest BCUT2D eigenvalue weighted by Gasteiger charge is 2.28. The van der Waals surface area contributed by atoms with Crippen LogP contribution in [0.4, 0.5) is 4.79 Å². The molecule has 6 heteroatoms. The Labute approximate surface area is 153 Å². The Kier molecular flexibility index (Phi) is 4.94. The number of nitrogens with one attached hydrogen (secondary N) is 1. The van der Waals surface area contributed by atoms with Gasteiger partial charge in [0.05, 0.1) is 5.39 Å². The largest absolute Gasteiger partial charge is 0.490 e. The zero-order valence-electron chi connectivity index (χ0n) is 15.8. The Morgan fingerprint density at radius 3 is 2.54 bits per heavy atom. The Hall–Kier alpha value is -2.50. The Morgan fingerprint density at radius 1 is 1.19 bits per heavy atom. The summed E-state index contributed by atoms with van der Waals surface area (Å²) in [7, 11) is 0. The molecule has 6 nitrogen and oxygen atoms in total. The number of pyridine rings is 1. The Morgan fingerprint density at radius 2 is 1.88 bits per heavy atom. The van der Waals surface area contributed by atoms with Crippen molar-refractivity contribution in [3.8, 4) is 5.75 Å². The molecule has 3 rings (SSSR count). The number of carbonyl (C=O) groups excluding carboxylic acids is 1. The molecule has 0 unspecified atom stereocenters. The monoisotopic (exact) mass is 358 g/mol. The van der Waals surface area contributed by atoms with E-state index in [2.05, 4.69) is 4.98 Å². The standard InChI is InChI=1S/C20H26N2O4/c1-13-5-6-16(15-7-10-21-18(23)17(13)15)25-14-8-11-22(12-9-14)19(24)26-20(2,3)4/h5-7,10,14H,8-9,11-12H2,1-4H3,(H,21,23). The van der Waals surface area contributed by atoms with Crippen molar-refractivity contribution in [2.24, 2.45) is 0 Å². The third-order valence-electron chi connectivity index (χ3n) is 4.49. The van der Waals surface area contributed by atoms with Crippen LogP contribution in [0.15, 0.2) is 29.2 Å². The van der Waals surface area contributed by atoms with Gasteiger partial charge in [-0.2, -0.15) is 0 Å². The molecule has 2 aromatic rings. The van der Waals surface area contributed by atoms with Gasteiger partial charge in [0.2, 0.25) is 0 Å². The normalized spacial score (nSPS) is 15.9. The number of likely N-dealkylation sites (tertiary alicyclic amines) is 1. The summed E-state index contributed by atoms with van der Waals surface area (Å²) in [6.07, 6.45) is 2.85. The van der Waals surface area contributed by atoms with Crippen LogP contribution in [0.1, 0.15) is 39.2 Å². The summed E-state index contributed by atoms with van der Waals surface area (Å²) in [4.78, 5) is 28.7. The number of aromatic nitrogens is 1. The van der Waals surface area contributed by atoms with Crippen molar-refractivity contribution >= 4 is 16.9 Å². The molecule has 0 spiro atoms. The van der Waals surface area contributed by atoms with Crippen molar-refractivity contribution < 1.29 is 14.3 Å². The number of carbonyl (C=O) groups is 1. The van der Waals surface area contributed by atoms with Crippen LogP contribution in [0.5, 0.6) is 5.75 Å². The zero-order chi connectivity index (χ0) is 18.9. The molecule has 1 aliphatic heterocycles. The van der Waals surface area contributed by atoms with Gasteiger partial charge in [-0.25, -0.2) is 4.79 Å². The van der Waals surface area contributed by atoms with E-state index in [1.54, 1.807) is 11.1 Å². The highest BCUT2D eigenvalue weighted by Crippen LogP contribution is 2.28. The molecule has 0 atom stereocenters. The van der Waals surface area contributed by atoms with Crippen molar-refractivity contribution in [2.75, 3.05) is 13.1 Å². The predicted octanol–water partition coefficient (Wildman–Crippen LogP) is 3.61. The van der Waals surface area contributed by atoms with E-state index in [0.717, 1.165) is 23.8 Å². The lowest BCUT2D eigenvalue weighted by molar-refractivity contribution is 0.0128. The minimum Gasteiger partial charge on any atom is -0.490 e. The lowest BCUT2D eigenvalue weighted by Crippen LogP contribution is -2.44.